The van der Waals surface area contributed by atoms with E-state index in [1.54, 1.807) is 6.20 Å². The van der Waals surface area contributed by atoms with Crippen molar-refractivity contribution in [1.82, 2.24) is 15.1 Å². The number of rotatable bonds is 5. The van der Waals surface area contributed by atoms with E-state index in [-0.39, 0.29) is 18.1 Å². The monoisotopic (exact) mass is 293 g/mol. The van der Waals surface area contributed by atoms with Gasteiger partial charge in [0.05, 0.1) is 23.6 Å². The van der Waals surface area contributed by atoms with Gasteiger partial charge in [0.1, 0.15) is 0 Å². The molecule has 1 aliphatic rings. The predicted octanol–water partition coefficient (Wildman–Crippen LogP) is 2.13. The predicted molar refractivity (Wildman–Crippen MR) is 82.2 cm³/mol. The molecule has 0 spiro atoms. The molecule has 118 valence electrons. The summed E-state index contributed by atoms with van der Waals surface area (Å²) < 4.78 is 1.95. The number of hydrogen-bond acceptors (Lipinski definition) is 3. The van der Waals surface area contributed by atoms with Crippen LogP contribution in [0.15, 0.2) is 6.20 Å². The molecular formula is C16H27N3O2. The highest BCUT2D eigenvalue weighted by Gasteiger charge is 2.23. The van der Waals surface area contributed by atoms with Crippen molar-refractivity contribution in [2.45, 2.75) is 71.6 Å². The van der Waals surface area contributed by atoms with Gasteiger partial charge in [-0.05, 0) is 38.0 Å². The van der Waals surface area contributed by atoms with Gasteiger partial charge in [-0.3, -0.25) is 9.48 Å². The fraction of sp³-hybridized carbons (Fsp3) is 0.750. The third kappa shape index (κ3) is 4.06. The summed E-state index contributed by atoms with van der Waals surface area (Å²) in [6.45, 7) is 7.19. The van der Waals surface area contributed by atoms with E-state index in [0.29, 0.717) is 11.5 Å². The van der Waals surface area contributed by atoms with Crippen LogP contribution in [0.25, 0.3) is 0 Å². The molecule has 0 bridgehead atoms. The Morgan fingerprint density at radius 1 is 1.43 bits per heavy atom. The maximum Gasteiger partial charge on any atom is 0.254 e. The molecule has 1 aromatic rings. The molecule has 0 atom stereocenters. The van der Waals surface area contributed by atoms with Gasteiger partial charge < -0.3 is 10.4 Å². The van der Waals surface area contributed by atoms with Crippen molar-refractivity contribution in [2.75, 3.05) is 0 Å². The molecule has 1 aliphatic carbocycles. The third-order valence-electron chi connectivity index (χ3n) is 4.10. The lowest BCUT2D eigenvalue weighted by Gasteiger charge is -2.26. The van der Waals surface area contributed by atoms with E-state index in [0.717, 1.165) is 44.3 Å². The van der Waals surface area contributed by atoms with E-state index in [1.165, 1.54) is 0 Å². The van der Waals surface area contributed by atoms with Gasteiger partial charge in [0, 0.05) is 12.6 Å². The first-order valence-corrected chi connectivity index (χ1v) is 8.04. The number of aromatic nitrogens is 2. The molecule has 5 heteroatoms. The maximum atomic E-state index is 12.4. The van der Waals surface area contributed by atoms with Crippen molar-refractivity contribution >= 4 is 5.91 Å². The van der Waals surface area contributed by atoms with E-state index in [2.05, 4.69) is 31.2 Å². The normalized spacial score (nSPS) is 22.5. The number of amides is 1. The topological polar surface area (TPSA) is 67.2 Å². The molecule has 1 amide bonds. The van der Waals surface area contributed by atoms with Crippen molar-refractivity contribution < 1.29 is 9.90 Å². The van der Waals surface area contributed by atoms with E-state index in [4.69, 9.17) is 0 Å². The van der Waals surface area contributed by atoms with Gasteiger partial charge in [-0.15, -0.1) is 0 Å². The van der Waals surface area contributed by atoms with Gasteiger partial charge in [0.2, 0.25) is 0 Å². The molecule has 1 fully saturated rings. The molecule has 1 heterocycles. The molecule has 2 rings (SSSR count). The second-order valence-corrected chi connectivity index (χ2v) is 6.41. The lowest BCUT2D eigenvalue weighted by Crippen LogP contribution is -2.38. The van der Waals surface area contributed by atoms with Crippen molar-refractivity contribution in [1.29, 1.82) is 0 Å². The van der Waals surface area contributed by atoms with Crippen LogP contribution in [0.5, 0.6) is 0 Å². The molecule has 0 radical (unpaired) electrons. The third-order valence-corrected chi connectivity index (χ3v) is 4.10. The Labute approximate surface area is 126 Å². The van der Waals surface area contributed by atoms with Gasteiger partial charge in [-0.25, -0.2) is 0 Å². The Bertz CT molecular complexity index is 474. The first-order valence-electron chi connectivity index (χ1n) is 8.04. The standard InChI is InChI=1S/C16H27N3O2/c1-4-15-14(9-17-19(15)10-11(2)3)16(21)18-12-5-7-13(20)8-6-12/h9,11-13,20H,4-8,10H2,1-3H3,(H,18,21). The van der Waals surface area contributed by atoms with Crippen LogP contribution in [-0.2, 0) is 13.0 Å². The van der Waals surface area contributed by atoms with Crippen LogP contribution < -0.4 is 5.32 Å². The fourth-order valence-corrected chi connectivity index (χ4v) is 2.96. The van der Waals surface area contributed by atoms with Gasteiger partial charge in [-0.2, -0.15) is 5.10 Å². The minimum absolute atomic E-state index is 0.0248. The van der Waals surface area contributed by atoms with Gasteiger partial charge >= 0.3 is 0 Å². The largest absolute Gasteiger partial charge is 0.393 e. The average molecular weight is 293 g/mol. The summed E-state index contributed by atoms with van der Waals surface area (Å²) in [6, 6.07) is 0.180. The molecule has 1 saturated carbocycles. The lowest BCUT2D eigenvalue weighted by atomic mass is 9.93. The molecular weight excluding hydrogens is 266 g/mol. The average Bonchev–Trinajstić information content (AvgIpc) is 2.83. The number of hydrogen-bond donors (Lipinski definition) is 2. The van der Waals surface area contributed by atoms with Gasteiger partial charge in [0.25, 0.3) is 5.91 Å². The number of aliphatic hydroxyl groups excluding tert-OH is 1. The Morgan fingerprint density at radius 2 is 2.10 bits per heavy atom. The van der Waals surface area contributed by atoms with E-state index >= 15 is 0 Å². The summed E-state index contributed by atoms with van der Waals surface area (Å²) in [5, 5.41) is 17.0. The fourth-order valence-electron chi connectivity index (χ4n) is 2.96. The molecule has 1 aromatic heterocycles. The van der Waals surface area contributed by atoms with Crippen LogP contribution in [-0.4, -0.2) is 32.9 Å². The minimum Gasteiger partial charge on any atom is -0.393 e. The van der Waals surface area contributed by atoms with Crippen molar-refractivity contribution in [2.24, 2.45) is 5.92 Å². The van der Waals surface area contributed by atoms with Crippen LogP contribution in [0.1, 0.15) is 62.5 Å². The lowest BCUT2D eigenvalue weighted by molar-refractivity contribution is 0.0866. The summed E-state index contributed by atoms with van der Waals surface area (Å²) in [5.74, 6) is 0.481. The molecule has 2 N–H and O–H groups in total. The molecule has 0 aliphatic heterocycles. The quantitative estimate of drug-likeness (QED) is 0.874. The highest BCUT2D eigenvalue weighted by atomic mass is 16.3. The Morgan fingerprint density at radius 3 is 2.67 bits per heavy atom. The summed E-state index contributed by atoms with van der Waals surface area (Å²) >= 11 is 0. The zero-order valence-corrected chi connectivity index (χ0v) is 13.3. The summed E-state index contributed by atoms with van der Waals surface area (Å²) in [7, 11) is 0. The molecule has 5 nitrogen and oxygen atoms in total. The highest BCUT2D eigenvalue weighted by Crippen LogP contribution is 2.19. The van der Waals surface area contributed by atoms with Gasteiger partial charge in [0.15, 0.2) is 0 Å². The molecule has 21 heavy (non-hydrogen) atoms. The first kappa shape index (κ1) is 16.0. The van der Waals surface area contributed by atoms with Crippen LogP contribution in [0.4, 0.5) is 0 Å². The smallest absolute Gasteiger partial charge is 0.254 e. The molecule has 0 unspecified atom stereocenters. The van der Waals surface area contributed by atoms with Gasteiger partial charge in [-0.1, -0.05) is 20.8 Å². The SMILES string of the molecule is CCc1c(C(=O)NC2CCC(O)CC2)cnn1CC(C)C. The first-order chi connectivity index (χ1) is 10.0. The summed E-state index contributed by atoms with van der Waals surface area (Å²) in [5.41, 5.74) is 1.71. The maximum absolute atomic E-state index is 12.4. The zero-order valence-electron chi connectivity index (χ0n) is 13.3. The van der Waals surface area contributed by atoms with Crippen LogP contribution in [0.3, 0.4) is 0 Å². The summed E-state index contributed by atoms with van der Waals surface area (Å²) in [6.07, 6.45) is 5.56. The number of carbonyl (C=O) groups excluding carboxylic acids is 1. The van der Waals surface area contributed by atoms with Crippen molar-refractivity contribution in [3.63, 3.8) is 0 Å². The van der Waals surface area contributed by atoms with Crippen molar-refractivity contribution in [3.8, 4) is 0 Å². The number of nitrogens with one attached hydrogen (secondary N) is 1. The highest BCUT2D eigenvalue weighted by molar-refractivity contribution is 5.95. The Balaban J connectivity index is 2.03. The second kappa shape index (κ2) is 7.07. The van der Waals surface area contributed by atoms with E-state index < -0.39 is 0 Å². The molecule has 0 aromatic carbocycles. The minimum atomic E-state index is -0.196. The second-order valence-electron chi connectivity index (χ2n) is 6.41. The number of aliphatic hydroxyl groups is 1. The number of nitrogens with zero attached hydrogens (tertiary/aromatic N) is 2. The van der Waals surface area contributed by atoms with Crippen LogP contribution >= 0.6 is 0 Å². The Hall–Kier alpha value is -1.36. The van der Waals surface area contributed by atoms with E-state index in [1.807, 2.05) is 4.68 Å². The molecule has 0 saturated heterocycles. The summed E-state index contributed by atoms with van der Waals surface area (Å²) in [4.78, 5) is 12.4. The van der Waals surface area contributed by atoms with Crippen molar-refractivity contribution in [3.05, 3.63) is 17.5 Å². The Kier molecular flexibility index (Phi) is 5.39. The zero-order chi connectivity index (χ0) is 15.4. The van der Waals surface area contributed by atoms with E-state index in [9.17, 15) is 9.90 Å². The number of carbonyl (C=O) groups is 1. The van der Waals surface area contributed by atoms with Crippen LogP contribution in [0, 0.1) is 5.92 Å². The van der Waals surface area contributed by atoms with Crippen LogP contribution in [0.2, 0.25) is 0 Å².